The molecule has 0 bridgehead atoms. The number of hydrogen-bond acceptors (Lipinski definition) is 6. The van der Waals surface area contributed by atoms with Crippen molar-refractivity contribution in [1.82, 2.24) is 0 Å². The number of rotatable bonds is 10. The van der Waals surface area contributed by atoms with Crippen molar-refractivity contribution in [3.63, 3.8) is 0 Å². The zero-order chi connectivity index (χ0) is 14.8. The molecule has 1 rings (SSSR count). The van der Waals surface area contributed by atoms with Crippen molar-refractivity contribution in [1.29, 1.82) is 0 Å². The van der Waals surface area contributed by atoms with Crippen molar-refractivity contribution in [2.45, 2.75) is 11.8 Å². The highest BCUT2D eigenvalue weighted by Gasteiger charge is 2.20. The van der Waals surface area contributed by atoms with E-state index in [0.29, 0.717) is 18.1 Å². The molecule has 0 fully saturated rings. The first-order valence-corrected chi connectivity index (χ1v) is 7.79. The van der Waals surface area contributed by atoms with Crippen LogP contribution in [0.3, 0.4) is 0 Å². The van der Waals surface area contributed by atoms with Gasteiger partial charge in [-0.05, 0) is 19.1 Å². The van der Waals surface area contributed by atoms with Gasteiger partial charge in [-0.1, -0.05) is 17.7 Å². The maximum absolute atomic E-state index is 9.86. The normalized spacial score (nSPS) is 12.6. The van der Waals surface area contributed by atoms with Crippen LogP contribution < -0.4 is 0 Å². The van der Waals surface area contributed by atoms with E-state index in [1.165, 1.54) is 0 Å². The summed E-state index contributed by atoms with van der Waals surface area (Å²) in [5, 5.41) is 8.48. The van der Waals surface area contributed by atoms with Gasteiger partial charge in [-0.3, -0.25) is 4.18 Å². The van der Waals surface area contributed by atoms with Gasteiger partial charge >= 0.3 is 0 Å². The highest BCUT2D eigenvalue weighted by molar-refractivity contribution is 8.20. The molecule has 0 unspecified atom stereocenters. The second-order valence-electron chi connectivity index (χ2n) is 4.08. The minimum atomic E-state index is -3.22. The van der Waals surface area contributed by atoms with Crippen LogP contribution in [-0.4, -0.2) is 53.9 Å². The van der Waals surface area contributed by atoms with Crippen LogP contribution in [0.4, 0.5) is 0 Å². The fraction of sp³-hybridized carbons (Fsp3) is 0.538. The van der Waals surface area contributed by atoms with Gasteiger partial charge in [-0.2, -0.15) is 0 Å². The van der Waals surface area contributed by atoms with Gasteiger partial charge in [0.05, 0.1) is 44.5 Å². The molecule has 3 N–H and O–H groups in total. The summed E-state index contributed by atoms with van der Waals surface area (Å²) in [6.07, 6.45) is 0. The van der Waals surface area contributed by atoms with E-state index in [1.807, 2.05) is 6.92 Å². The molecule has 0 heterocycles. The Hall–Kier alpha value is -0.670. The molecule has 7 heteroatoms. The number of ether oxygens (including phenoxy) is 2. The summed E-state index contributed by atoms with van der Waals surface area (Å²) in [5.74, 6) is 0. The molecule has 0 saturated carbocycles. The van der Waals surface area contributed by atoms with Crippen molar-refractivity contribution in [2.24, 2.45) is 0 Å². The second-order valence-corrected chi connectivity index (χ2v) is 5.78. The van der Waals surface area contributed by atoms with Crippen LogP contribution in [-0.2, 0) is 13.7 Å². The summed E-state index contributed by atoms with van der Waals surface area (Å²) in [6, 6.07) is 6.85. The molecule has 0 saturated heterocycles. The summed E-state index contributed by atoms with van der Waals surface area (Å²) in [6.45, 7) is 3.26. The van der Waals surface area contributed by atoms with Crippen LogP contribution in [0.2, 0.25) is 0 Å². The Balaban J connectivity index is 2.18. The van der Waals surface area contributed by atoms with Gasteiger partial charge in [-0.25, -0.2) is 0 Å². The largest absolute Gasteiger partial charge is 0.394 e. The zero-order valence-electron chi connectivity index (χ0n) is 11.5. The Morgan fingerprint density at radius 3 is 2.05 bits per heavy atom. The molecule has 6 nitrogen and oxygen atoms in total. The molecule has 0 aliphatic heterocycles. The van der Waals surface area contributed by atoms with Crippen LogP contribution in [0.1, 0.15) is 5.56 Å². The summed E-state index contributed by atoms with van der Waals surface area (Å²) < 4.78 is 35.0. The van der Waals surface area contributed by atoms with Crippen LogP contribution in [0.5, 0.6) is 0 Å². The molecule has 0 spiro atoms. The van der Waals surface area contributed by atoms with E-state index in [9.17, 15) is 9.11 Å². The second kappa shape index (κ2) is 9.30. The maximum Gasteiger partial charge on any atom is 0.115 e. The monoisotopic (exact) mass is 306 g/mol. The van der Waals surface area contributed by atoms with E-state index in [1.54, 1.807) is 24.3 Å². The third-order valence-corrected chi connectivity index (χ3v) is 3.79. The first kappa shape index (κ1) is 17.4. The lowest BCUT2D eigenvalue weighted by Gasteiger charge is -2.26. The Kier molecular flexibility index (Phi) is 8.08. The van der Waals surface area contributed by atoms with Crippen molar-refractivity contribution in [2.75, 3.05) is 39.6 Å². The van der Waals surface area contributed by atoms with Gasteiger partial charge in [0.25, 0.3) is 0 Å². The van der Waals surface area contributed by atoms with Crippen molar-refractivity contribution in [3.8, 4) is 0 Å². The Bertz CT molecular complexity index is 368. The average Bonchev–Trinajstić information content (AvgIpc) is 2.42. The van der Waals surface area contributed by atoms with Crippen molar-refractivity contribution >= 4 is 10.9 Å². The summed E-state index contributed by atoms with van der Waals surface area (Å²) in [4.78, 5) is 0.356. The van der Waals surface area contributed by atoms with Gasteiger partial charge in [-0.15, -0.1) is 0 Å². The standard InChI is InChI=1S/C13H22O6S/c1-12-2-4-13(5-3-12)20(15,16)19-11-10-18-9-8-17-7-6-14/h2-5,14-16H,6-11H2,1H3. The lowest BCUT2D eigenvalue weighted by molar-refractivity contribution is 0.0240. The third-order valence-electron chi connectivity index (χ3n) is 2.41. The molecule has 0 aliphatic rings. The van der Waals surface area contributed by atoms with Crippen molar-refractivity contribution < 1.29 is 27.9 Å². The minimum Gasteiger partial charge on any atom is -0.394 e. The number of benzene rings is 1. The molecule has 116 valence electrons. The first-order chi connectivity index (χ1) is 9.56. The molecule has 1 aromatic carbocycles. The van der Waals surface area contributed by atoms with E-state index in [0.717, 1.165) is 5.56 Å². The van der Waals surface area contributed by atoms with E-state index < -0.39 is 10.9 Å². The molecule has 0 aliphatic carbocycles. The average molecular weight is 306 g/mol. The van der Waals surface area contributed by atoms with Crippen molar-refractivity contribution in [3.05, 3.63) is 29.8 Å². The van der Waals surface area contributed by atoms with Gasteiger partial charge < -0.3 is 23.7 Å². The highest BCUT2D eigenvalue weighted by Crippen LogP contribution is 2.48. The Morgan fingerprint density at radius 2 is 1.45 bits per heavy atom. The fourth-order valence-corrected chi connectivity index (χ4v) is 2.31. The molecule has 0 amide bonds. The smallest absolute Gasteiger partial charge is 0.115 e. The van der Waals surface area contributed by atoms with E-state index in [2.05, 4.69) is 0 Å². The van der Waals surface area contributed by atoms with E-state index in [-0.39, 0.29) is 26.4 Å². The molecule has 0 aromatic heterocycles. The lowest BCUT2D eigenvalue weighted by atomic mass is 10.2. The molecule has 1 aromatic rings. The number of aliphatic hydroxyl groups excluding tert-OH is 1. The summed E-state index contributed by atoms with van der Waals surface area (Å²) >= 11 is 0. The van der Waals surface area contributed by atoms with Gasteiger partial charge in [0.15, 0.2) is 0 Å². The quantitative estimate of drug-likeness (QED) is 0.573. The predicted octanol–water partition coefficient (Wildman–Crippen LogP) is 2.06. The van der Waals surface area contributed by atoms with Crippen LogP contribution in [0, 0.1) is 6.92 Å². The molecular formula is C13H22O6S. The number of hydrogen-bond donors (Lipinski definition) is 3. The highest BCUT2D eigenvalue weighted by atomic mass is 32.3. The van der Waals surface area contributed by atoms with Gasteiger partial charge in [0, 0.05) is 0 Å². The third kappa shape index (κ3) is 6.67. The minimum absolute atomic E-state index is 0.0133. The fourth-order valence-electron chi connectivity index (χ4n) is 1.38. The first-order valence-electron chi connectivity index (χ1n) is 6.32. The molecule has 0 radical (unpaired) electrons. The van der Waals surface area contributed by atoms with E-state index >= 15 is 0 Å². The van der Waals surface area contributed by atoms with Crippen LogP contribution >= 0.6 is 10.9 Å². The van der Waals surface area contributed by atoms with E-state index in [4.69, 9.17) is 18.8 Å². The molecule has 20 heavy (non-hydrogen) atoms. The lowest BCUT2D eigenvalue weighted by Crippen LogP contribution is -2.12. The van der Waals surface area contributed by atoms with Crippen LogP contribution in [0.25, 0.3) is 0 Å². The van der Waals surface area contributed by atoms with Gasteiger partial charge in [0.2, 0.25) is 0 Å². The van der Waals surface area contributed by atoms with Crippen LogP contribution in [0.15, 0.2) is 29.2 Å². The SMILES string of the molecule is Cc1ccc(S(O)(O)OCCOCCOCCO)cc1. The number of aliphatic hydroxyl groups is 1. The Labute approximate surface area is 120 Å². The topological polar surface area (TPSA) is 88.4 Å². The summed E-state index contributed by atoms with van der Waals surface area (Å²) in [5.41, 5.74) is 1.04. The predicted molar refractivity (Wildman–Crippen MR) is 77.0 cm³/mol. The zero-order valence-corrected chi connectivity index (χ0v) is 12.3. The Morgan fingerprint density at radius 1 is 0.900 bits per heavy atom. The maximum atomic E-state index is 9.86. The molecular weight excluding hydrogens is 284 g/mol. The van der Waals surface area contributed by atoms with Gasteiger partial charge in [0.1, 0.15) is 10.9 Å². The molecule has 0 atom stereocenters. The summed E-state index contributed by atoms with van der Waals surface area (Å²) in [7, 11) is -3.22. The number of aryl methyl sites for hydroxylation is 1.